The van der Waals surface area contributed by atoms with Gasteiger partial charge >= 0.3 is 0 Å². The fourth-order valence-corrected chi connectivity index (χ4v) is 0. The Kier molecular flexibility index (Phi) is 247. The Morgan fingerprint density at radius 1 is 1.00 bits per heavy atom. The van der Waals surface area contributed by atoms with Crippen molar-refractivity contribution in [2.24, 2.45) is 0 Å². The molecular formula is C2H7AlCr. The van der Waals surface area contributed by atoms with Crippen molar-refractivity contribution in [1.29, 1.82) is 0 Å². The zero-order valence-corrected chi connectivity index (χ0v) is 3.10. The molecule has 0 aliphatic carbocycles. The first-order valence-corrected chi connectivity index (χ1v) is 0.500. The SMILES string of the molecule is C=C.[AlH3].[Cr]. The van der Waals surface area contributed by atoms with Gasteiger partial charge in [-0.3, -0.25) is 0 Å². The van der Waals surface area contributed by atoms with Crippen molar-refractivity contribution in [3.63, 3.8) is 0 Å². The van der Waals surface area contributed by atoms with E-state index in [1.165, 1.54) is 0 Å². The molecule has 4 heavy (non-hydrogen) atoms. The Bertz CT molecular complexity index is 6.00. The van der Waals surface area contributed by atoms with E-state index >= 15 is 0 Å². The summed E-state index contributed by atoms with van der Waals surface area (Å²) >= 11 is 0. The Labute approximate surface area is 48.2 Å². The molecule has 0 bridgehead atoms. The third-order valence-electron chi connectivity index (χ3n) is 0. The standard InChI is InChI=1S/C2H4.Al.Cr.3H/c1-2;;;;;/h1-2H2;;;;;. The first-order chi connectivity index (χ1) is 1.00. The van der Waals surface area contributed by atoms with E-state index in [0.29, 0.717) is 0 Å². The van der Waals surface area contributed by atoms with Gasteiger partial charge in [0, 0.05) is 17.4 Å². The molecule has 0 saturated carbocycles. The largest absolute Gasteiger partial charge is 0.187 e. The van der Waals surface area contributed by atoms with Crippen LogP contribution < -0.4 is 0 Å². The second-order valence-electron chi connectivity index (χ2n) is 0. The van der Waals surface area contributed by atoms with Gasteiger partial charge in [-0.2, -0.15) is 0 Å². The van der Waals surface area contributed by atoms with Crippen LogP contribution in [-0.2, 0) is 17.4 Å². The quantitative estimate of drug-likeness (QED) is 0.294. The summed E-state index contributed by atoms with van der Waals surface area (Å²) in [5.74, 6) is 0. The molecule has 2 heteroatoms. The summed E-state index contributed by atoms with van der Waals surface area (Å²) in [6, 6.07) is 0. The molecule has 0 spiro atoms. The van der Waals surface area contributed by atoms with E-state index in [9.17, 15) is 0 Å². The van der Waals surface area contributed by atoms with Crippen LogP contribution in [0.1, 0.15) is 0 Å². The minimum absolute atomic E-state index is 0. The first kappa shape index (κ1) is 21.4. The van der Waals surface area contributed by atoms with Gasteiger partial charge in [0.15, 0.2) is 17.4 Å². The molecule has 0 atom stereocenters. The Morgan fingerprint density at radius 3 is 1.00 bits per heavy atom. The van der Waals surface area contributed by atoms with Crippen LogP contribution in [0.2, 0.25) is 0 Å². The molecule has 0 fully saturated rings. The summed E-state index contributed by atoms with van der Waals surface area (Å²) in [6.45, 7) is 6.00. The molecule has 24 valence electrons. The third kappa shape index (κ3) is 14.1. The van der Waals surface area contributed by atoms with Crippen LogP contribution in [0.15, 0.2) is 13.2 Å². The molecule has 0 aromatic heterocycles. The molecule has 0 aromatic rings. The van der Waals surface area contributed by atoms with E-state index < -0.39 is 0 Å². The zero-order valence-electron chi connectivity index (χ0n) is 1.82. The molecule has 0 radical (unpaired) electrons. The van der Waals surface area contributed by atoms with Gasteiger partial charge in [0.05, 0.1) is 0 Å². The number of hydrogen-bond donors (Lipinski definition) is 0. The maximum atomic E-state index is 3.00. The van der Waals surface area contributed by atoms with Gasteiger partial charge < -0.3 is 0 Å². The van der Waals surface area contributed by atoms with Crippen LogP contribution in [-0.4, -0.2) is 17.4 Å². The van der Waals surface area contributed by atoms with Crippen molar-refractivity contribution in [3.8, 4) is 0 Å². The van der Waals surface area contributed by atoms with Crippen LogP contribution in [0, 0.1) is 0 Å². The number of hydrogen-bond acceptors (Lipinski definition) is 0. The van der Waals surface area contributed by atoms with Crippen molar-refractivity contribution < 1.29 is 17.4 Å². The van der Waals surface area contributed by atoms with Crippen LogP contribution in [0.5, 0.6) is 0 Å². The zero-order chi connectivity index (χ0) is 2.00. The van der Waals surface area contributed by atoms with E-state index in [0.717, 1.165) is 0 Å². The van der Waals surface area contributed by atoms with Gasteiger partial charge in [0.2, 0.25) is 0 Å². The molecule has 0 unspecified atom stereocenters. The van der Waals surface area contributed by atoms with Crippen LogP contribution in [0.4, 0.5) is 0 Å². The average Bonchev–Trinajstić information content (AvgIpc) is 1.00. The molecule has 0 aliphatic rings. The van der Waals surface area contributed by atoms with E-state index in [2.05, 4.69) is 13.2 Å². The van der Waals surface area contributed by atoms with Gasteiger partial charge in [-0.1, -0.05) is 0 Å². The van der Waals surface area contributed by atoms with Crippen molar-refractivity contribution in [1.82, 2.24) is 0 Å². The van der Waals surface area contributed by atoms with Gasteiger partial charge in [-0.15, -0.1) is 13.2 Å². The van der Waals surface area contributed by atoms with Crippen LogP contribution >= 0.6 is 0 Å². The van der Waals surface area contributed by atoms with E-state index in [-0.39, 0.29) is 34.7 Å². The van der Waals surface area contributed by atoms with E-state index in [1.54, 1.807) is 0 Å². The summed E-state index contributed by atoms with van der Waals surface area (Å²) in [5.41, 5.74) is 0. The molecule has 0 nitrogen and oxygen atoms in total. The second kappa shape index (κ2) is 46.2. The summed E-state index contributed by atoms with van der Waals surface area (Å²) < 4.78 is 0. The van der Waals surface area contributed by atoms with Crippen LogP contribution in [0.3, 0.4) is 0 Å². The molecule has 0 heterocycles. The maximum Gasteiger partial charge on any atom is 0.187 e. The van der Waals surface area contributed by atoms with Crippen molar-refractivity contribution >= 4 is 17.4 Å². The molecule has 0 saturated heterocycles. The Morgan fingerprint density at radius 2 is 1.00 bits per heavy atom. The topological polar surface area (TPSA) is 0 Å². The van der Waals surface area contributed by atoms with E-state index in [1.807, 2.05) is 0 Å². The molecule has 0 amide bonds. The third-order valence-corrected chi connectivity index (χ3v) is 0. The van der Waals surface area contributed by atoms with E-state index in [4.69, 9.17) is 0 Å². The predicted molar refractivity (Wildman–Crippen MR) is 21.2 cm³/mol. The normalized spacial score (nSPS) is 1.00. The maximum absolute atomic E-state index is 3.00. The molecule has 0 aliphatic heterocycles. The summed E-state index contributed by atoms with van der Waals surface area (Å²) in [5, 5.41) is 0. The summed E-state index contributed by atoms with van der Waals surface area (Å²) in [6.07, 6.45) is 0. The Balaban J connectivity index is -0.00000000500. The van der Waals surface area contributed by atoms with Crippen molar-refractivity contribution in [2.45, 2.75) is 0 Å². The Hall–Kier alpha value is 0.805. The monoisotopic (exact) mass is 110 g/mol. The average molecular weight is 110 g/mol. The van der Waals surface area contributed by atoms with Crippen molar-refractivity contribution in [3.05, 3.63) is 13.2 Å². The molecule has 0 rings (SSSR count). The summed E-state index contributed by atoms with van der Waals surface area (Å²) in [7, 11) is 0. The molecule has 0 aromatic carbocycles. The smallest absolute Gasteiger partial charge is 0.106 e. The van der Waals surface area contributed by atoms with Gasteiger partial charge in [-0.05, 0) is 0 Å². The van der Waals surface area contributed by atoms with Gasteiger partial charge in [0.25, 0.3) is 0 Å². The second-order valence-corrected chi connectivity index (χ2v) is 0. The minimum Gasteiger partial charge on any atom is -0.106 e. The predicted octanol–water partition coefficient (Wildman–Crippen LogP) is -0.384. The molecular weight excluding hydrogens is 103 g/mol. The minimum atomic E-state index is 0. The van der Waals surface area contributed by atoms with Gasteiger partial charge in [-0.25, -0.2) is 0 Å². The molecule has 0 N–H and O–H groups in total. The van der Waals surface area contributed by atoms with Crippen molar-refractivity contribution in [2.75, 3.05) is 0 Å². The first-order valence-electron chi connectivity index (χ1n) is 0.500. The fourth-order valence-electron chi connectivity index (χ4n) is 0. The fraction of sp³-hybridized carbons (Fsp3) is 0. The van der Waals surface area contributed by atoms with Gasteiger partial charge in [0.1, 0.15) is 0 Å². The van der Waals surface area contributed by atoms with Crippen LogP contribution in [0.25, 0.3) is 0 Å². The summed E-state index contributed by atoms with van der Waals surface area (Å²) in [4.78, 5) is 0. The number of rotatable bonds is 0.